The first kappa shape index (κ1) is 17.5. The fourth-order valence-electron chi connectivity index (χ4n) is 2.74. The van der Waals surface area contributed by atoms with E-state index in [0.29, 0.717) is 11.3 Å². The van der Waals surface area contributed by atoms with Crippen LogP contribution in [0.2, 0.25) is 0 Å². The third kappa shape index (κ3) is 3.37. The molecule has 2 aromatic carbocycles. The quantitative estimate of drug-likeness (QED) is 0.518. The first-order valence-corrected chi connectivity index (χ1v) is 8.04. The van der Waals surface area contributed by atoms with Crippen LogP contribution in [0.5, 0.6) is 5.75 Å². The Hall–Kier alpha value is -3.35. The molecule has 3 rings (SSSR count). The number of methoxy groups -OCH3 is 1. The minimum Gasteiger partial charge on any atom is -0.465 e. The number of hydrogen-bond donors (Lipinski definition) is 0. The van der Waals surface area contributed by atoms with Crippen molar-refractivity contribution < 1.29 is 19.1 Å². The summed E-state index contributed by atoms with van der Waals surface area (Å²) in [6.45, 7) is 0.221. The second kappa shape index (κ2) is 7.26. The van der Waals surface area contributed by atoms with Crippen molar-refractivity contribution in [2.24, 2.45) is 7.05 Å². The van der Waals surface area contributed by atoms with E-state index in [1.807, 2.05) is 24.3 Å². The lowest BCUT2D eigenvalue weighted by Gasteiger charge is -2.06. The Morgan fingerprint density at radius 2 is 1.65 bits per heavy atom. The lowest BCUT2D eigenvalue weighted by Crippen LogP contribution is -2.24. The molecule has 1 aromatic heterocycles. The number of aromatic nitrogens is 2. The molecule has 0 aliphatic rings. The minimum atomic E-state index is -0.462. The Morgan fingerprint density at radius 1 is 1.00 bits per heavy atom. The Kier molecular flexibility index (Phi) is 4.88. The zero-order valence-electron chi connectivity index (χ0n) is 14.5. The first-order chi connectivity index (χ1) is 12.5. The fraction of sp³-hybridized carbons (Fsp3) is 0.211. The topological polar surface area (TPSA) is 79.5 Å². The molecule has 0 fully saturated rings. The number of para-hydroxylation sites is 2. The number of hydrogen-bond acceptors (Lipinski definition) is 5. The average molecular weight is 354 g/mol. The van der Waals surface area contributed by atoms with Crippen LogP contribution in [0.25, 0.3) is 11.0 Å². The summed E-state index contributed by atoms with van der Waals surface area (Å²) in [5.41, 5.74) is 1.77. The van der Waals surface area contributed by atoms with E-state index in [-0.39, 0.29) is 18.7 Å². The van der Waals surface area contributed by atoms with Gasteiger partial charge in [0, 0.05) is 13.6 Å². The monoisotopic (exact) mass is 354 g/mol. The highest BCUT2D eigenvalue weighted by Crippen LogP contribution is 2.15. The third-order valence-corrected chi connectivity index (χ3v) is 4.10. The number of imidazole rings is 1. The number of nitrogens with zero attached hydrogens (tertiary/aromatic N) is 2. The molecule has 0 unspecified atom stereocenters. The lowest BCUT2D eigenvalue weighted by molar-refractivity contribution is -0.134. The van der Waals surface area contributed by atoms with E-state index in [1.54, 1.807) is 16.2 Å². The molecular weight excluding hydrogens is 336 g/mol. The van der Waals surface area contributed by atoms with E-state index < -0.39 is 11.9 Å². The number of ether oxygens (including phenoxy) is 2. The van der Waals surface area contributed by atoms with E-state index in [0.717, 1.165) is 11.0 Å². The van der Waals surface area contributed by atoms with Crippen molar-refractivity contribution in [1.29, 1.82) is 0 Å². The summed E-state index contributed by atoms with van der Waals surface area (Å²) in [4.78, 5) is 35.8. The van der Waals surface area contributed by atoms with E-state index in [2.05, 4.69) is 4.74 Å². The van der Waals surface area contributed by atoms with Gasteiger partial charge in [-0.3, -0.25) is 13.9 Å². The van der Waals surface area contributed by atoms with Gasteiger partial charge in [-0.2, -0.15) is 0 Å². The molecule has 0 aliphatic heterocycles. The third-order valence-electron chi connectivity index (χ3n) is 4.10. The molecule has 0 spiro atoms. The maximum Gasteiger partial charge on any atom is 0.337 e. The summed E-state index contributed by atoms with van der Waals surface area (Å²) in [5, 5.41) is 0. The molecule has 134 valence electrons. The van der Waals surface area contributed by atoms with E-state index in [9.17, 15) is 14.4 Å². The Labute approximate surface area is 149 Å². The van der Waals surface area contributed by atoms with Gasteiger partial charge in [0.2, 0.25) is 0 Å². The van der Waals surface area contributed by atoms with Crippen LogP contribution >= 0.6 is 0 Å². The van der Waals surface area contributed by atoms with E-state index >= 15 is 0 Å². The maximum atomic E-state index is 12.3. The number of benzene rings is 2. The van der Waals surface area contributed by atoms with Crippen LogP contribution in [0.1, 0.15) is 16.8 Å². The van der Waals surface area contributed by atoms with Crippen molar-refractivity contribution in [3.8, 4) is 5.75 Å². The van der Waals surface area contributed by atoms with Gasteiger partial charge in [-0.15, -0.1) is 0 Å². The zero-order valence-corrected chi connectivity index (χ0v) is 14.5. The number of aryl methyl sites for hydroxylation is 2. The van der Waals surface area contributed by atoms with Gasteiger partial charge in [0.15, 0.2) is 0 Å². The summed E-state index contributed by atoms with van der Waals surface area (Å²) >= 11 is 0. The Bertz CT molecular complexity index is 1010. The smallest absolute Gasteiger partial charge is 0.337 e. The molecule has 7 nitrogen and oxygen atoms in total. The number of esters is 2. The van der Waals surface area contributed by atoms with Gasteiger partial charge in [-0.05, 0) is 36.4 Å². The van der Waals surface area contributed by atoms with Gasteiger partial charge < -0.3 is 9.47 Å². The lowest BCUT2D eigenvalue weighted by atomic mass is 10.2. The predicted octanol–water partition coefficient (Wildman–Crippen LogP) is 2.12. The molecule has 3 aromatic rings. The fourth-order valence-corrected chi connectivity index (χ4v) is 2.74. The summed E-state index contributed by atoms with van der Waals surface area (Å²) in [7, 11) is 2.99. The van der Waals surface area contributed by atoms with Crippen LogP contribution < -0.4 is 10.4 Å². The highest BCUT2D eigenvalue weighted by Gasteiger charge is 2.13. The van der Waals surface area contributed by atoms with Crippen molar-refractivity contribution in [2.75, 3.05) is 7.11 Å². The minimum absolute atomic E-state index is 0.0483. The van der Waals surface area contributed by atoms with Gasteiger partial charge in [0.25, 0.3) is 0 Å². The van der Waals surface area contributed by atoms with Crippen molar-refractivity contribution in [1.82, 2.24) is 9.13 Å². The van der Waals surface area contributed by atoms with Crippen molar-refractivity contribution in [3.05, 3.63) is 64.6 Å². The van der Waals surface area contributed by atoms with Crippen LogP contribution in [0, 0.1) is 0 Å². The normalized spacial score (nSPS) is 10.7. The first-order valence-electron chi connectivity index (χ1n) is 8.04. The summed E-state index contributed by atoms with van der Waals surface area (Å²) in [6.07, 6.45) is 0.0483. The summed E-state index contributed by atoms with van der Waals surface area (Å²) < 4.78 is 13.0. The number of carbonyl (C=O) groups excluding carboxylic acids is 2. The van der Waals surface area contributed by atoms with Gasteiger partial charge in [0.05, 0.1) is 30.1 Å². The van der Waals surface area contributed by atoms with Gasteiger partial charge in [0.1, 0.15) is 5.75 Å². The molecule has 0 saturated heterocycles. The van der Waals surface area contributed by atoms with Crippen LogP contribution in [-0.2, 0) is 23.1 Å². The number of fused-ring (bicyclic) bond motifs is 1. The standard InChI is InChI=1S/C19H18N2O5/c1-20-15-5-3-4-6-16(15)21(19(20)24)12-11-17(22)26-14-9-7-13(8-10-14)18(23)25-2/h3-10H,11-12H2,1-2H3. The van der Waals surface area contributed by atoms with E-state index in [4.69, 9.17) is 4.74 Å². The average Bonchev–Trinajstić information content (AvgIpc) is 2.91. The van der Waals surface area contributed by atoms with Gasteiger partial charge >= 0.3 is 17.6 Å². The van der Waals surface area contributed by atoms with Crippen molar-refractivity contribution >= 4 is 23.0 Å². The highest BCUT2D eigenvalue weighted by molar-refractivity contribution is 5.89. The zero-order chi connectivity index (χ0) is 18.7. The molecule has 26 heavy (non-hydrogen) atoms. The molecule has 7 heteroatoms. The Morgan fingerprint density at radius 3 is 2.31 bits per heavy atom. The van der Waals surface area contributed by atoms with Crippen molar-refractivity contribution in [3.63, 3.8) is 0 Å². The molecule has 0 atom stereocenters. The van der Waals surface area contributed by atoms with Crippen LogP contribution in [0.4, 0.5) is 0 Å². The second-order valence-corrected chi connectivity index (χ2v) is 5.72. The molecular formula is C19H18N2O5. The summed E-state index contributed by atoms with van der Waals surface area (Å²) in [5.74, 6) is -0.596. The molecule has 0 aliphatic carbocycles. The highest BCUT2D eigenvalue weighted by atomic mass is 16.5. The Balaban J connectivity index is 1.67. The molecule has 0 bridgehead atoms. The van der Waals surface area contributed by atoms with E-state index in [1.165, 1.54) is 31.4 Å². The van der Waals surface area contributed by atoms with Crippen molar-refractivity contribution in [2.45, 2.75) is 13.0 Å². The van der Waals surface area contributed by atoms with Crippen LogP contribution in [0.3, 0.4) is 0 Å². The molecule has 0 radical (unpaired) electrons. The predicted molar refractivity (Wildman–Crippen MR) is 95.2 cm³/mol. The largest absolute Gasteiger partial charge is 0.465 e. The second-order valence-electron chi connectivity index (χ2n) is 5.72. The molecule has 1 heterocycles. The van der Waals surface area contributed by atoms with Crippen LogP contribution in [-0.4, -0.2) is 28.2 Å². The number of carbonyl (C=O) groups is 2. The molecule has 0 N–H and O–H groups in total. The molecule has 0 saturated carbocycles. The maximum absolute atomic E-state index is 12.3. The number of rotatable bonds is 5. The van der Waals surface area contributed by atoms with Gasteiger partial charge in [-0.25, -0.2) is 9.59 Å². The van der Waals surface area contributed by atoms with Crippen LogP contribution in [0.15, 0.2) is 53.3 Å². The van der Waals surface area contributed by atoms with Gasteiger partial charge in [-0.1, -0.05) is 12.1 Å². The molecule has 0 amide bonds. The summed E-state index contributed by atoms with van der Waals surface area (Å²) in [6, 6.07) is 13.5. The SMILES string of the molecule is COC(=O)c1ccc(OC(=O)CCn2c(=O)n(C)c3ccccc32)cc1.